The van der Waals surface area contributed by atoms with Gasteiger partial charge in [0.25, 0.3) is 5.91 Å². The number of fused-ring (bicyclic) bond motifs is 1. The first-order valence-corrected chi connectivity index (χ1v) is 13.9. The van der Waals surface area contributed by atoms with Crippen molar-refractivity contribution in [3.05, 3.63) is 106 Å². The molecule has 1 aliphatic heterocycles. The summed E-state index contributed by atoms with van der Waals surface area (Å²) in [6, 6.07) is 18.8. The lowest BCUT2D eigenvalue weighted by atomic mass is 9.94. The number of hydrogen-bond donors (Lipinski definition) is 4. The van der Waals surface area contributed by atoms with E-state index in [0.717, 1.165) is 29.7 Å². The topological polar surface area (TPSA) is 100 Å². The van der Waals surface area contributed by atoms with Crippen LogP contribution in [0.2, 0.25) is 0 Å². The van der Waals surface area contributed by atoms with Gasteiger partial charge in [0, 0.05) is 22.2 Å². The number of ether oxygens (including phenoxy) is 2. The fraction of sp³-hybridized carbons (Fsp3) is 0.324. The van der Waals surface area contributed by atoms with Crippen molar-refractivity contribution in [2.45, 2.75) is 59.3 Å². The lowest BCUT2D eigenvalue weighted by Gasteiger charge is -2.27. The van der Waals surface area contributed by atoms with Gasteiger partial charge in [-0.3, -0.25) is 4.79 Å². The van der Waals surface area contributed by atoms with E-state index in [1.165, 1.54) is 11.6 Å². The fourth-order valence-corrected chi connectivity index (χ4v) is 4.65. The predicted octanol–water partition coefficient (Wildman–Crippen LogP) is 5.98. The van der Waals surface area contributed by atoms with Crippen molar-refractivity contribution in [2.75, 3.05) is 13.2 Å². The second-order valence-corrected chi connectivity index (χ2v) is 11.1. The first-order chi connectivity index (χ1) is 19.5. The zero-order chi connectivity index (χ0) is 29.6. The third kappa shape index (κ3) is 7.57. The standard InChI is InChI=1S/C34H40N2O5/c1-22(2)12-13-24-20-26(14-16-29(24)37)32(38)36-28-21-25-15-17-30(23(3)31(25)41-33(28)39)40-19-9-18-35-34(4,5)27-10-7-6-8-11-27/h6-8,10-12,14-17,20-21,33,35,37,39H,9,13,18-19H2,1-5H3,(H,36,38). The van der Waals surface area contributed by atoms with Gasteiger partial charge in [-0.05, 0) is 102 Å². The first-order valence-electron chi connectivity index (χ1n) is 13.9. The maximum atomic E-state index is 13.0. The Kier molecular flexibility index (Phi) is 9.53. The number of aliphatic hydroxyl groups is 1. The van der Waals surface area contributed by atoms with Crippen LogP contribution >= 0.6 is 0 Å². The van der Waals surface area contributed by atoms with Crippen LogP contribution < -0.4 is 20.1 Å². The summed E-state index contributed by atoms with van der Waals surface area (Å²) in [5, 5.41) is 27.2. The molecule has 0 bridgehead atoms. The van der Waals surface area contributed by atoms with Gasteiger partial charge >= 0.3 is 0 Å². The SMILES string of the molecule is CC(C)=CCc1cc(C(=O)NC2=Cc3ccc(OCCCNC(C)(C)c4ccccc4)c(C)c3OC2O)ccc1O. The van der Waals surface area contributed by atoms with Crippen LogP contribution in [0.25, 0.3) is 6.08 Å². The second kappa shape index (κ2) is 13.1. The number of benzene rings is 3. The summed E-state index contributed by atoms with van der Waals surface area (Å²) in [6.45, 7) is 11.5. The highest BCUT2D eigenvalue weighted by atomic mass is 16.6. The average Bonchev–Trinajstić information content (AvgIpc) is 2.94. The lowest BCUT2D eigenvalue weighted by Crippen LogP contribution is -2.37. The van der Waals surface area contributed by atoms with Gasteiger partial charge in [0.2, 0.25) is 6.29 Å². The molecule has 0 saturated heterocycles. The van der Waals surface area contributed by atoms with Crippen molar-refractivity contribution in [1.29, 1.82) is 0 Å². The highest BCUT2D eigenvalue weighted by Crippen LogP contribution is 2.37. The van der Waals surface area contributed by atoms with Crippen molar-refractivity contribution in [1.82, 2.24) is 10.6 Å². The summed E-state index contributed by atoms with van der Waals surface area (Å²) < 4.78 is 11.9. The number of carbonyl (C=O) groups excluding carboxylic acids is 1. The summed E-state index contributed by atoms with van der Waals surface area (Å²) in [6.07, 6.45) is 3.69. The predicted molar refractivity (Wildman–Crippen MR) is 162 cm³/mol. The van der Waals surface area contributed by atoms with Crippen LogP contribution in [0, 0.1) is 6.92 Å². The Balaban J connectivity index is 1.37. The van der Waals surface area contributed by atoms with Crippen molar-refractivity contribution >= 4 is 12.0 Å². The molecule has 0 radical (unpaired) electrons. The minimum atomic E-state index is -1.34. The third-order valence-corrected chi connectivity index (χ3v) is 7.16. The van der Waals surface area contributed by atoms with Gasteiger partial charge in [-0.1, -0.05) is 42.0 Å². The molecule has 3 aromatic carbocycles. The molecule has 0 aliphatic carbocycles. The number of allylic oxidation sites excluding steroid dienone is 2. The van der Waals surface area contributed by atoms with Gasteiger partial charge < -0.3 is 30.3 Å². The molecule has 216 valence electrons. The van der Waals surface area contributed by atoms with Gasteiger partial charge in [-0.25, -0.2) is 0 Å². The molecular weight excluding hydrogens is 516 g/mol. The number of nitrogens with one attached hydrogen (secondary N) is 2. The average molecular weight is 557 g/mol. The number of aliphatic hydroxyl groups excluding tert-OH is 1. The highest BCUT2D eigenvalue weighted by Gasteiger charge is 2.25. The van der Waals surface area contributed by atoms with E-state index in [-0.39, 0.29) is 17.0 Å². The summed E-state index contributed by atoms with van der Waals surface area (Å²) in [5.74, 6) is 0.938. The monoisotopic (exact) mass is 556 g/mol. The number of amides is 1. The summed E-state index contributed by atoms with van der Waals surface area (Å²) in [7, 11) is 0. The van der Waals surface area contributed by atoms with Crippen molar-refractivity contribution < 1.29 is 24.5 Å². The van der Waals surface area contributed by atoms with Crippen LogP contribution in [0.3, 0.4) is 0 Å². The molecule has 0 saturated carbocycles. The molecule has 1 aliphatic rings. The first kappa shape index (κ1) is 29.9. The van der Waals surface area contributed by atoms with E-state index < -0.39 is 12.2 Å². The van der Waals surface area contributed by atoms with Gasteiger partial charge in [-0.15, -0.1) is 0 Å². The number of carbonyl (C=O) groups is 1. The van der Waals surface area contributed by atoms with Crippen LogP contribution in [0.4, 0.5) is 0 Å². The molecule has 0 spiro atoms. The van der Waals surface area contributed by atoms with E-state index in [1.807, 2.05) is 57.2 Å². The molecule has 1 amide bonds. The minimum absolute atomic E-state index is 0.133. The molecule has 4 rings (SSSR count). The van der Waals surface area contributed by atoms with E-state index in [0.29, 0.717) is 35.7 Å². The smallest absolute Gasteiger partial charge is 0.255 e. The van der Waals surface area contributed by atoms with E-state index in [4.69, 9.17) is 9.47 Å². The largest absolute Gasteiger partial charge is 0.508 e. The Morgan fingerprint density at radius 1 is 1.10 bits per heavy atom. The molecular formula is C34H40N2O5. The zero-order valence-corrected chi connectivity index (χ0v) is 24.5. The zero-order valence-electron chi connectivity index (χ0n) is 24.5. The van der Waals surface area contributed by atoms with Crippen LogP contribution in [0.5, 0.6) is 17.2 Å². The Morgan fingerprint density at radius 2 is 1.85 bits per heavy atom. The normalized spacial score (nSPS) is 14.4. The molecule has 41 heavy (non-hydrogen) atoms. The van der Waals surface area contributed by atoms with Gasteiger partial charge in [0.15, 0.2) is 0 Å². The molecule has 0 fully saturated rings. The number of phenolic OH excluding ortho intramolecular Hbond substituents is 1. The van der Waals surface area contributed by atoms with Crippen molar-refractivity contribution in [2.24, 2.45) is 0 Å². The molecule has 7 nitrogen and oxygen atoms in total. The Bertz CT molecular complexity index is 1440. The number of rotatable bonds is 11. The Hall–Kier alpha value is -4.07. The van der Waals surface area contributed by atoms with Crippen LogP contribution in [-0.2, 0) is 12.0 Å². The van der Waals surface area contributed by atoms with Crippen LogP contribution in [0.1, 0.15) is 66.7 Å². The summed E-state index contributed by atoms with van der Waals surface area (Å²) >= 11 is 0. The van der Waals surface area contributed by atoms with Gasteiger partial charge in [0.05, 0.1) is 12.3 Å². The van der Waals surface area contributed by atoms with E-state index in [1.54, 1.807) is 18.2 Å². The number of aromatic hydroxyl groups is 1. The molecule has 0 aromatic heterocycles. The number of hydrogen-bond acceptors (Lipinski definition) is 6. The molecule has 3 aromatic rings. The van der Waals surface area contributed by atoms with E-state index in [9.17, 15) is 15.0 Å². The number of phenols is 1. The molecule has 1 atom stereocenters. The van der Waals surface area contributed by atoms with Crippen LogP contribution in [0.15, 0.2) is 78.0 Å². The fourth-order valence-electron chi connectivity index (χ4n) is 4.65. The molecule has 4 N–H and O–H groups in total. The highest BCUT2D eigenvalue weighted by molar-refractivity contribution is 5.96. The van der Waals surface area contributed by atoms with Gasteiger partial charge in [0.1, 0.15) is 17.2 Å². The summed E-state index contributed by atoms with van der Waals surface area (Å²) in [5.41, 5.74) is 4.99. The van der Waals surface area contributed by atoms with Crippen LogP contribution in [-0.4, -0.2) is 35.6 Å². The Morgan fingerprint density at radius 3 is 2.59 bits per heavy atom. The molecule has 1 unspecified atom stereocenters. The Labute approximate surface area is 242 Å². The van der Waals surface area contributed by atoms with E-state index in [2.05, 4.69) is 36.6 Å². The quantitative estimate of drug-likeness (QED) is 0.171. The van der Waals surface area contributed by atoms with E-state index >= 15 is 0 Å². The third-order valence-electron chi connectivity index (χ3n) is 7.16. The molecule has 7 heteroatoms. The van der Waals surface area contributed by atoms with Gasteiger partial charge in [-0.2, -0.15) is 0 Å². The van der Waals surface area contributed by atoms with Crippen molar-refractivity contribution in [3.8, 4) is 17.2 Å². The van der Waals surface area contributed by atoms with Crippen molar-refractivity contribution in [3.63, 3.8) is 0 Å². The maximum absolute atomic E-state index is 13.0. The molecule has 1 heterocycles. The summed E-state index contributed by atoms with van der Waals surface area (Å²) in [4.78, 5) is 13.0. The second-order valence-electron chi connectivity index (χ2n) is 11.1. The minimum Gasteiger partial charge on any atom is -0.508 e. The maximum Gasteiger partial charge on any atom is 0.255 e. The lowest BCUT2D eigenvalue weighted by molar-refractivity contribution is 0.00686.